The molecule has 1 fully saturated rings. The average molecular weight is 271 g/mol. The number of halogens is 2. The van der Waals surface area contributed by atoms with Crippen LogP contribution >= 0.6 is 23.2 Å². The van der Waals surface area contributed by atoms with Gasteiger partial charge in [0.15, 0.2) is 5.78 Å². The lowest BCUT2D eigenvalue weighted by Crippen LogP contribution is -2.21. The van der Waals surface area contributed by atoms with Crippen molar-refractivity contribution in [1.82, 2.24) is 0 Å². The van der Waals surface area contributed by atoms with E-state index in [0.717, 1.165) is 19.3 Å². The molecule has 1 aliphatic carbocycles. The number of hydrogen-bond acceptors (Lipinski definition) is 1. The molecule has 92 valence electrons. The molecule has 3 heteroatoms. The lowest BCUT2D eigenvalue weighted by molar-refractivity contribution is 0.0868. The monoisotopic (exact) mass is 270 g/mol. The van der Waals surface area contributed by atoms with Crippen molar-refractivity contribution in [1.29, 1.82) is 0 Å². The highest BCUT2D eigenvalue weighted by Gasteiger charge is 2.26. The zero-order chi connectivity index (χ0) is 12.4. The van der Waals surface area contributed by atoms with Crippen molar-refractivity contribution in [3.8, 4) is 0 Å². The summed E-state index contributed by atoms with van der Waals surface area (Å²) >= 11 is 11.9. The Balaban J connectivity index is 2.18. The van der Waals surface area contributed by atoms with Gasteiger partial charge in [-0.25, -0.2) is 0 Å². The molecule has 2 unspecified atom stereocenters. The quantitative estimate of drug-likeness (QED) is 0.691. The Morgan fingerprint density at radius 2 is 1.82 bits per heavy atom. The normalized spacial score (nSPS) is 24.6. The summed E-state index contributed by atoms with van der Waals surface area (Å²) in [4.78, 5) is 12.3. The van der Waals surface area contributed by atoms with Crippen LogP contribution in [-0.4, -0.2) is 5.78 Å². The fourth-order valence-electron chi connectivity index (χ4n) is 2.60. The Morgan fingerprint density at radius 3 is 2.41 bits per heavy atom. The van der Waals surface area contributed by atoms with E-state index in [-0.39, 0.29) is 11.7 Å². The SMILES string of the molecule is CC1CCCC(C(=O)c2cc(Cl)cc(Cl)c2)C1. The average Bonchev–Trinajstić information content (AvgIpc) is 2.26. The van der Waals surface area contributed by atoms with E-state index in [2.05, 4.69) is 6.92 Å². The van der Waals surface area contributed by atoms with E-state index < -0.39 is 0 Å². The third-order valence-corrected chi connectivity index (χ3v) is 3.89. The van der Waals surface area contributed by atoms with Crippen molar-refractivity contribution in [3.63, 3.8) is 0 Å². The van der Waals surface area contributed by atoms with Gasteiger partial charge in [0.1, 0.15) is 0 Å². The van der Waals surface area contributed by atoms with Crippen molar-refractivity contribution in [2.24, 2.45) is 11.8 Å². The number of carbonyl (C=O) groups excluding carboxylic acids is 1. The molecule has 0 radical (unpaired) electrons. The molecule has 1 aliphatic rings. The van der Waals surface area contributed by atoms with Crippen molar-refractivity contribution >= 4 is 29.0 Å². The summed E-state index contributed by atoms with van der Waals surface area (Å²) in [5.74, 6) is 0.988. The molecule has 0 aliphatic heterocycles. The Labute approximate surface area is 112 Å². The number of carbonyl (C=O) groups is 1. The third-order valence-electron chi connectivity index (χ3n) is 3.45. The molecule has 1 saturated carbocycles. The summed E-state index contributed by atoms with van der Waals surface area (Å²) < 4.78 is 0. The van der Waals surface area contributed by atoms with Crippen LogP contribution in [0.5, 0.6) is 0 Å². The second kappa shape index (κ2) is 5.41. The first-order chi connectivity index (χ1) is 8.06. The van der Waals surface area contributed by atoms with Gasteiger partial charge in [0, 0.05) is 21.5 Å². The number of rotatable bonds is 2. The Morgan fingerprint density at radius 1 is 1.18 bits per heavy atom. The lowest BCUT2D eigenvalue weighted by Gasteiger charge is -2.25. The maximum absolute atomic E-state index is 12.3. The fraction of sp³-hybridized carbons (Fsp3) is 0.500. The summed E-state index contributed by atoms with van der Waals surface area (Å²) in [5, 5.41) is 1.06. The summed E-state index contributed by atoms with van der Waals surface area (Å²) in [6.07, 6.45) is 4.36. The highest BCUT2D eigenvalue weighted by molar-refractivity contribution is 6.35. The van der Waals surface area contributed by atoms with Crippen molar-refractivity contribution in [2.75, 3.05) is 0 Å². The molecule has 0 spiro atoms. The Bertz CT molecular complexity index is 408. The predicted molar refractivity (Wildman–Crippen MR) is 71.9 cm³/mol. The topological polar surface area (TPSA) is 17.1 Å². The van der Waals surface area contributed by atoms with Crippen molar-refractivity contribution in [3.05, 3.63) is 33.8 Å². The van der Waals surface area contributed by atoms with Gasteiger partial charge in [-0.2, -0.15) is 0 Å². The van der Waals surface area contributed by atoms with Gasteiger partial charge in [-0.15, -0.1) is 0 Å². The van der Waals surface area contributed by atoms with Gasteiger partial charge in [0.05, 0.1) is 0 Å². The van der Waals surface area contributed by atoms with Crippen LogP contribution in [0.1, 0.15) is 43.0 Å². The molecule has 1 aromatic rings. The van der Waals surface area contributed by atoms with E-state index in [1.807, 2.05) is 0 Å². The van der Waals surface area contributed by atoms with E-state index in [1.54, 1.807) is 18.2 Å². The maximum Gasteiger partial charge on any atom is 0.166 e. The molecule has 1 nitrogen and oxygen atoms in total. The molecular weight excluding hydrogens is 255 g/mol. The van der Waals surface area contributed by atoms with Gasteiger partial charge in [0.2, 0.25) is 0 Å². The molecule has 0 N–H and O–H groups in total. The van der Waals surface area contributed by atoms with Crippen LogP contribution in [-0.2, 0) is 0 Å². The van der Waals surface area contributed by atoms with Gasteiger partial charge in [-0.3, -0.25) is 4.79 Å². The highest BCUT2D eigenvalue weighted by atomic mass is 35.5. The third kappa shape index (κ3) is 3.23. The van der Waals surface area contributed by atoms with Gasteiger partial charge < -0.3 is 0 Å². The minimum absolute atomic E-state index is 0.147. The van der Waals surface area contributed by atoms with E-state index >= 15 is 0 Å². The van der Waals surface area contributed by atoms with Gasteiger partial charge in [-0.1, -0.05) is 43.0 Å². The maximum atomic E-state index is 12.3. The second-order valence-electron chi connectivity index (χ2n) is 4.99. The fourth-order valence-corrected chi connectivity index (χ4v) is 3.13. The van der Waals surface area contributed by atoms with Gasteiger partial charge in [0.25, 0.3) is 0 Å². The summed E-state index contributed by atoms with van der Waals surface area (Å²) in [6.45, 7) is 2.21. The van der Waals surface area contributed by atoms with Crippen LogP contribution in [0.2, 0.25) is 10.0 Å². The number of ketones is 1. The van der Waals surface area contributed by atoms with Gasteiger partial charge >= 0.3 is 0 Å². The second-order valence-corrected chi connectivity index (χ2v) is 5.86. The highest BCUT2D eigenvalue weighted by Crippen LogP contribution is 2.32. The smallest absolute Gasteiger partial charge is 0.166 e. The van der Waals surface area contributed by atoms with Crippen LogP contribution in [0, 0.1) is 11.8 Å². The molecule has 0 aromatic heterocycles. The zero-order valence-electron chi connectivity index (χ0n) is 9.88. The predicted octanol–water partition coefficient (Wildman–Crippen LogP) is 5.00. The summed E-state index contributed by atoms with van der Waals surface area (Å²) in [5.41, 5.74) is 0.654. The summed E-state index contributed by atoms with van der Waals surface area (Å²) in [6, 6.07) is 5.09. The molecule has 1 aromatic carbocycles. The molecule has 0 saturated heterocycles. The van der Waals surface area contributed by atoms with Crippen LogP contribution in [0.15, 0.2) is 18.2 Å². The minimum Gasteiger partial charge on any atom is -0.294 e. The number of Topliss-reactive ketones (excluding diaryl/α,β-unsaturated/α-hetero) is 1. The molecule has 0 amide bonds. The molecule has 2 atom stereocenters. The zero-order valence-corrected chi connectivity index (χ0v) is 11.4. The minimum atomic E-state index is 0.147. The van der Waals surface area contributed by atoms with E-state index in [4.69, 9.17) is 23.2 Å². The Kier molecular flexibility index (Phi) is 4.11. The summed E-state index contributed by atoms with van der Waals surface area (Å²) in [7, 11) is 0. The van der Waals surface area contributed by atoms with E-state index in [1.165, 1.54) is 6.42 Å². The lowest BCUT2D eigenvalue weighted by atomic mass is 9.79. The standard InChI is InChI=1S/C14H16Cl2O/c1-9-3-2-4-10(5-9)14(17)11-6-12(15)8-13(16)7-11/h6-10H,2-5H2,1H3. The Hall–Kier alpha value is -0.530. The molecule has 0 bridgehead atoms. The first-order valence-electron chi connectivity index (χ1n) is 6.06. The van der Waals surface area contributed by atoms with Crippen LogP contribution in [0.4, 0.5) is 0 Å². The number of benzene rings is 1. The molecular formula is C14H16Cl2O. The number of hydrogen-bond donors (Lipinski definition) is 0. The molecule has 2 rings (SSSR count). The van der Waals surface area contributed by atoms with E-state index in [0.29, 0.717) is 21.5 Å². The first kappa shape index (κ1) is 12.9. The first-order valence-corrected chi connectivity index (χ1v) is 6.82. The van der Waals surface area contributed by atoms with Crippen LogP contribution in [0.3, 0.4) is 0 Å². The molecule has 17 heavy (non-hydrogen) atoms. The van der Waals surface area contributed by atoms with Crippen LogP contribution in [0.25, 0.3) is 0 Å². The van der Waals surface area contributed by atoms with Gasteiger partial charge in [-0.05, 0) is 37.0 Å². The molecule has 0 heterocycles. The van der Waals surface area contributed by atoms with Crippen molar-refractivity contribution in [2.45, 2.75) is 32.6 Å². The van der Waals surface area contributed by atoms with Crippen LogP contribution < -0.4 is 0 Å². The largest absolute Gasteiger partial charge is 0.294 e. The van der Waals surface area contributed by atoms with Crippen molar-refractivity contribution < 1.29 is 4.79 Å². The van der Waals surface area contributed by atoms with E-state index in [9.17, 15) is 4.79 Å².